The first-order valence-corrected chi connectivity index (χ1v) is 12.5. The van der Waals surface area contributed by atoms with Crippen molar-refractivity contribution in [3.63, 3.8) is 0 Å². The summed E-state index contributed by atoms with van der Waals surface area (Å²) in [6.45, 7) is 2.15. The molecular formula is C22H25FN6O5S. The third-order valence-electron chi connectivity index (χ3n) is 4.64. The lowest BCUT2D eigenvalue weighted by Gasteiger charge is -2.11. The zero-order valence-corrected chi connectivity index (χ0v) is 19.9. The van der Waals surface area contributed by atoms with Crippen molar-refractivity contribution < 1.29 is 27.1 Å². The minimum atomic E-state index is -3.40. The molecular weight excluding hydrogens is 479 g/mol. The fourth-order valence-electron chi connectivity index (χ4n) is 3.04. The monoisotopic (exact) mass is 504 g/mol. The smallest absolute Gasteiger partial charge is 0.273 e. The Morgan fingerprint density at radius 1 is 1.06 bits per heavy atom. The van der Waals surface area contributed by atoms with Gasteiger partial charge in [0.2, 0.25) is 10.0 Å². The molecule has 0 fully saturated rings. The number of carbonyl (C=O) groups is 2. The number of amides is 2. The van der Waals surface area contributed by atoms with Gasteiger partial charge in [0.25, 0.3) is 11.8 Å². The number of hydrogen-bond acceptors (Lipinski definition) is 7. The fourth-order valence-corrected chi connectivity index (χ4v) is 3.51. The molecule has 13 heteroatoms. The van der Waals surface area contributed by atoms with Crippen molar-refractivity contribution in [2.45, 2.75) is 13.5 Å². The molecule has 0 atom stereocenters. The normalized spacial score (nSPS) is 11.2. The molecule has 0 aliphatic carbocycles. The Morgan fingerprint density at radius 2 is 1.80 bits per heavy atom. The number of ether oxygens (including phenoxy) is 1. The molecule has 1 aromatic heterocycles. The number of nitrogens with zero attached hydrogens (tertiary/aromatic N) is 3. The van der Waals surface area contributed by atoms with Gasteiger partial charge in [-0.1, -0.05) is 11.3 Å². The number of nitrogens with one attached hydrogen (secondary N) is 3. The lowest BCUT2D eigenvalue weighted by Crippen LogP contribution is -2.34. The topological polar surface area (TPSA) is 144 Å². The third kappa shape index (κ3) is 7.32. The summed E-state index contributed by atoms with van der Waals surface area (Å²) in [7, 11) is -3.40. The number of sulfonamides is 1. The van der Waals surface area contributed by atoms with E-state index in [0.717, 1.165) is 6.26 Å². The highest BCUT2D eigenvalue weighted by molar-refractivity contribution is 7.88. The van der Waals surface area contributed by atoms with Crippen LogP contribution < -0.4 is 20.1 Å². The lowest BCUT2D eigenvalue weighted by molar-refractivity contribution is 0.0942. The van der Waals surface area contributed by atoms with Gasteiger partial charge in [-0.25, -0.2) is 22.2 Å². The average molecular weight is 505 g/mol. The summed E-state index contributed by atoms with van der Waals surface area (Å²) < 4.78 is 45.2. The Balaban J connectivity index is 1.85. The van der Waals surface area contributed by atoms with Gasteiger partial charge in [-0.15, -0.1) is 5.10 Å². The molecule has 0 aliphatic heterocycles. The van der Waals surface area contributed by atoms with Crippen LogP contribution in [0.15, 0.2) is 48.5 Å². The molecule has 2 aromatic carbocycles. The average Bonchev–Trinajstić information content (AvgIpc) is 3.24. The Bertz CT molecular complexity index is 1290. The Morgan fingerprint density at radius 3 is 2.46 bits per heavy atom. The number of benzene rings is 2. The van der Waals surface area contributed by atoms with Crippen LogP contribution in [0.4, 0.5) is 4.39 Å². The maximum atomic E-state index is 13.5. The van der Waals surface area contributed by atoms with Crippen LogP contribution in [0.1, 0.15) is 33.5 Å². The van der Waals surface area contributed by atoms with E-state index in [1.807, 2.05) is 6.92 Å². The highest BCUT2D eigenvalue weighted by Crippen LogP contribution is 2.18. The van der Waals surface area contributed by atoms with Gasteiger partial charge in [-0.3, -0.25) is 9.59 Å². The van der Waals surface area contributed by atoms with Crippen LogP contribution in [-0.2, 0) is 16.6 Å². The van der Waals surface area contributed by atoms with Crippen LogP contribution in [0.2, 0.25) is 0 Å². The van der Waals surface area contributed by atoms with Gasteiger partial charge in [0, 0.05) is 31.3 Å². The molecule has 35 heavy (non-hydrogen) atoms. The van der Waals surface area contributed by atoms with Gasteiger partial charge in [-0.2, -0.15) is 0 Å². The molecule has 3 rings (SSSR count). The van der Waals surface area contributed by atoms with E-state index in [1.165, 1.54) is 22.9 Å². The van der Waals surface area contributed by atoms with Crippen molar-refractivity contribution in [1.29, 1.82) is 0 Å². The molecule has 0 spiro atoms. The van der Waals surface area contributed by atoms with Crippen molar-refractivity contribution in [3.05, 3.63) is 71.3 Å². The van der Waals surface area contributed by atoms with Crippen molar-refractivity contribution in [2.24, 2.45) is 0 Å². The maximum absolute atomic E-state index is 13.5. The summed E-state index contributed by atoms with van der Waals surface area (Å²) in [5.41, 5.74) is 1.19. The van der Waals surface area contributed by atoms with Crippen molar-refractivity contribution in [1.82, 2.24) is 30.3 Å². The summed E-state index contributed by atoms with van der Waals surface area (Å²) in [5.74, 6) is -1.06. The van der Waals surface area contributed by atoms with Crippen molar-refractivity contribution in [3.8, 4) is 11.4 Å². The van der Waals surface area contributed by atoms with Gasteiger partial charge in [0.1, 0.15) is 23.9 Å². The molecule has 186 valence electrons. The second-order valence-corrected chi connectivity index (χ2v) is 9.20. The van der Waals surface area contributed by atoms with Crippen LogP contribution in [0.3, 0.4) is 0 Å². The van der Waals surface area contributed by atoms with Crippen LogP contribution >= 0.6 is 0 Å². The molecule has 0 saturated heterocycles. The van der Waals surface area contributed by atoms with Crippen molar-refractivity contribution >= 4 is 21.8 Å². The first-order valence-electron chi connectivity index (χ1n) is 10.6. The quantitative estimate of drug-likeness (QED) is 0.331. The van der Waals surface area contributed by atoms with Crippen LogP contribution in [0.25, 0.3) is 5.69 Å². The van der Waals surface area contributed by atoms with E-state index in [2.05, 4.69) is 25.7 Å². The second kappa shape index (κ2) is 11.5. The van der Waals surface area contributed by atoms with E-state index in [9.17, 15) is 22.4 Å². The minimum Gasteiger partial charge on any atom is -0.487 e. The van der Waals surface area contributed by atoms with Gasteiger partial charge >= 0.3 is 0 Å². The summed E-state index contributed by atoms with van der Waals surface area (Å²) in [4.78, 5) is 24.8. The van der Waals surface area contributed by atoms with Gasteiger partial charge < -0.3 is 15.4 Å². The molecule has 1 heterocycles. The van der Waals surface area contributed by atoms with E-state index in [1.54, 1.807) is 30.3 Å². The minimum absolute atomic E-state index is 0.00484. The maximum Gasteiger partial charge on any atom is 0.273 e. The van der Waals surface area contributed by atoms with E-state index >= 15 is 0 Å². The second-order valence-electron chi connectivity index (χ2n) is 7.37. The Kier molecular flexibility index (Phi) is 8.49. The summed E-state index contributed by atoms with van der Waals surface area (Å²) in [5, 5.41) is 13.3. The lowest BCUT2D eigenvalue weighted by atomic mass is 10.2. The van der Waals surface area contributed by atoms with E-state index < -0.39 is 21.7 Å². The van der Waals surface area contributed by atoms with Crippen LogP contribution in [-0.4, -0.2) is 61.1 Å². The molecule has 0 unspecified atom stereocenters. The van der Waals surface area contributed by atoms with Crippen LogP contribution in [0.5, 0.6) is 5.75 Å². The van der Waals surface area contributed by atoms with Gasteiger partial charge in [0.05, 0.1) is 11.9 Å². The highest BCUT2D eigenvalue weighted by Gasteiger charge is 2.21. The molecule has 3 N–H and O–H groups in total. The van der Waals surface area contributed by atoms with E-state index in [-0.39, 0.29) is 42.7 Å². The molecule has 0 bridgehead atoms. The predicted molar refractivity (Wildman–Crippen MR) is 125 cm³/mol. The molecule has 11 nitrogen and oxygen atoms in total. The first kappa shape index (κ1) is 25.8. The Hall–Kier alpha value is -3.84. The zero-order valence-electron chi connectivity index (χ0n) is 19.1. The number of halogens is 1. The molecule has 0 saturated carbocycles. The first-order chi connectivity index (χ1) is 16.7. The zero-order chi connectivity index (χ0) is 25.4. The number of aromatic nitrogens is 3. The van der Waals surface area contributed by atoms with Crippen LogP contribution in [0, 0.1) is 5.82 Å². The summed E-state index contributed by atoms with van der Waals surface area (Å²) in [6, 6.07) is 12.0. The molecule has 3 aromatic rings. The number of rotatable bonds is 11. The van der Waals surface area contributed by atoms with E-state index in [4.69, 9.17) is 4.74 Å². The highest BCUT2D eigenvalue weighted by atomic mass is 32.2. The van der Waals surface area contributed by atoms with Gasteiger partial charge in [0.15, 0.2) is 5.69 Å². The molecule has 0 radical (unpaired) electrons. The fraction of sp³-hybridized carbons (Fsp3) is 0.273. The SMILES string of the molecule is CCNC(=O)c1ccc(-n2nnc(C(=O)NCCNS(C)(=O)=O)c2COc2cccc(F)c2)cc1. The Labute approximate surface area is 201 Å². The standard InChI is InChI=1S/C22H25FN6O5S/c1-3-24-21(30)15-7-9-17(10-8-15)29-19(14-34-18-6-4-5-16(23)13-18)20(27-28-29)22(31)25-11-12-26-35(2,32)33/h4-10,13,26H,3,11-12,14H2,1-2H3,(H,24,30)(H,25,31). The summed E-state index contributed by atoms with van der Waals surface area (Å²) in [6.07, 6.45) is 1.01. The number of hydrogen-bond donors (Lipinski definition) is 3. The number of carbonyl (C=O) groups excluding carboxylic acids is 2. The summed E-state index contributed by atoms with van der Waals surface area (Å²) >= 11 is 0. The molecule has 2 amide bonds. The molecule has 0 aliphatic rings. The predicted octanol–water partition coefficient (Wildman–Crippen LogP) is 1.01. The van der Waals surface area contributed by atoms with Crippen molar-refractivity contribution in [2.75, 3.05) is 25.9 Å². The van der Waals surface area contributed by atoms with Gasteiger partial charge in [-0.05, 0) is 43.3 Å². The third-order valence-corrected chi connectivity index (χ3v) is 5.36. The largest absolute Gasteiger partial charge is 0.487 e. The van der Waals surface area contributed by atoms with E-state index in [0.29, 0.717) is 17.8 Å².